The number of hydrogen-bond acceptors (Lipinski definition) is 4. The fraction of sp³-hybridized carbons (Fsp3) is 0.625. The summed E-state index contributed by atoms with van der Waals surface area (Å²) in [5, 5.41) is 3.09. The molecule has 5 nitrogen and oxygen atoms in total. The lowest BCUT2D eigenvalue weighted by Crippen LogP contribution is -2.40. The number of ether oxygens (including phenoxy) is 1. The average molecular weight is 364 g/mol. The molecule has 1 amide bonds. The van der Waals surface area contributed by atoms with E-state index in [0.717, 1.165) is 24.1 Å². The zero-order valence-electron chi connectivity index (χ0n) is 13.8. The molecule has 1 aromatic heterocycles. The minimum atomic E-state index is -0.385. The quantitative estimate of drug-likeness (QED) is 0.842. The molecule has 0 spiro atoms. The van der Waals surface area contributed by atoms with Crippen LogP contribution in [0.5, 0.6) is 0 Å². The number of amides is 1. The van der Waals surface area contributed by atoms with E-state index in [9.17, 15) is 4.79 Å². The number of aryl methyl sites for hydroxylation is 1. The molecule has 132 valence electrons. The van der Waals surface area contributed by atoms with Crippen molar-refractivity contribution in [3.8, 4) is 0 Å². The van der Waals surface area contributed by atoms with Crippen LogP contribution in [0.4, 0.5) is 0 Å². The number of pyridine rings is 1. The van der Waals surface area contributed by atoms with E-state index in [1.807, 2.05) is 19.1 Å². The van der Waals surface area contributed by atoms with Crippen molar-refractivity contribution < 1.29 is 9.53 Å². The van der Waals surface area contributed by atoms with Crippen LogP contribution in [0.3, 0.4) is 0 Å². The summed E-state index contributed by atoms with van der Waals surface area (Å²) in [4.78, 5) is 16.8. The van der Waals surface area contributed by atoms with Gasteiger partial charge >= 0.3 is 0 Å². The Morgan fingerprint density at radius 1 is 1.43 bits per heavy atom. The number of rotatable bonds is 5. The van der Waals surface area contributed by atoms with Crippen LogP contribution in [0.1, 0.15) is 44.0 Å². The van der Waals surface area contributed by atoms with Crippen LogP contribution in [-0.4, -0.2) is 29.6 Å². The summed E-state index contributed by atoms with van der Waals surface area (Å²) in [6.45, 7) is 6.64. The molecule has 1 aliphatic heterocycles. The van der Waals surface area contributed by atoms with E-state index in [4.69, 9.17) is 10.5 Å². The van der Waals surface area contributed by atoms with Crippen LogP contribution in [0.25, 0.3) is 0 Å². The Balaban J connectivity index is 0.00000242. The van der Waals surface area contributed by atoms with Gasteiger partial charge in [-0.2, -0.15) is 0 Å². The third kappa shape index (κ3) is 5.60. The third-order valence-electron chi connectivity index (χ3n) is 3.97. The first-order chi connectivity index (χ1) is 10.0. The number of carbonyl (C=O) groups is 1. The highest BCUT2D eigenvalue weighted by molar-refractivity contribution is 5.85. The van der Waals surface area contributed by atoms with Gasteiger partial charge in [-0.05, 0) is 37.3 Å². The lowest BCUT2D eigenvalue weighted by Gasteiger charge is -2.25. The molecule has 0 bridgehead atoms. The SMILES string of the molecule is Cc1cccnc1C(NC(=O)[C@@H]1CC[C@H](CN)O1)C(C)C.Cl.Cl. The van der Waals surface area contributed by atoms with Crippen molar-refractivity contribution in [2.45, 2.75) is 51.9 Å². The monoisotopic (exact) mass is 363 g/mol. The van der Waals surface area contributed by atoms with Crippen molar-refractivity contribution in [1.29, 1.82) is 0 Å². The van der Waals surface area contributed by atoms with Crippen LogP contribution >= 0.6 is 24.8 Å². The lowest BCUT2D eigenvalue weighted by molar-refractivity contribution is -0.133. The van der Waals surface area contributed by atoms with Gasteiger partial charge < -0.3 is 15.8 Å². The normalized spacial score (nSPS) is 21.3. The Labute approximate surface area is 150 Å². The molecule has 23 heavy (non-hydrogen) atoms. The highest BCUT2D eigenvalue weighted by Gasteiger charge is 2.32. The molecular weight excluding hydrogens is 337 g/mol. The number of nitrogens with zero attached hydrogens (tertiary/aromatic N) is 1. The molecule has 3 N–H and O–H groups in total. The van der Waals surface area contributed by atoms with Crippen LogP contribution in [0, 0.1) is 12.8 Å². The van der Waals surface area contributed by atoms with E-state index in [1.54, 1.807) is 6.20 Å². The molecule has 1 aromatic rings. The van der Waals surface area contributed by atoms with Crippen LogP contribution < -0.4 is 11.1 Å². The van der Waals surface area contributed by atoms with Crippen LogP contribution in [0.15, 0.2) is 18.3 Å². The van der Waals surface area contributed by atoms with Gasteiger partial charge in [-0.3, -0.25) is 9.78 Å². The summed E-state index contributed by atoms with van der Waals surface area (Å²) in [6, 6.07) is 3.82. The Morgan fingerprint density at radius 2 is 2.13 bits per heavy atom. The molecule has 0 aliphatic carbocycles. The average Bonchev–Trinajstić information content (AvgIpc) is 2.94. The van der Waals surface area contributed by atoms with Gasteiger partial charge in [0.1, 0.15) is 6.10 Å². The van der Waals surface area contributed by atoms with Gasteiger partial charge in [0, 0.05) is 12.7 Å². The highest BCUT2D eigenvalue weighted by atomic mass is 35.5. The number of halogens is 2. The largest absolute Gasteiger partial charge is 0.364 e. The van der Waals surface area contributed by atoms with Crippen molar-refractivity contribution in [3.05, 3.63) is 29.6 Å². The van der Waals surface area contributed by atoms with E-state index in [2.05, 4.69) is 24.1 Å². The first-order valence-electron chi connectivity index (χ1n) is 7.60. The molecule has 0 aromatic carbocycles. The van der Waals surface area contributed by atoms with Gasteiger partial charge in [0.15, 0.2) is 0 Å². The zero-order chi connectivity index (χ0) is 15.4. The fourth-order valence-electron chi connectivity index (χ4n) is 2.69. The Morgan fingerprint density at radius 3 is 2.65 bits per heavy atom. The number of nitrogens with one attached hydrogen (secondary N) is 1. The van der Waals surface area contributed by atoms with E-state index in [1.165, 1.54) is 0 Å². The van der Waals surface area contributed by atoms with E-state index in [0.29, 0.717) is 6.54 Å². The van der Waals surface area contributed by atoms with E-state index < -0.39 is 0 Å². The summed E-state index contributed by atoms with van der Waals surface area (Å²) in [5.41, 5.74) is 7.60. The maximum Gasteiger partial charge on any atom is 0.249 e. The zero-order valence-corrected chi connectivity index (χ0v) is 15.5. The maximum atomic E-state index is 12.4. The number of aromatic nitrogens is 1. The number of hydrogen-bond donors (Lipinski definition) is 2. The lowest BCUT2D eigenvalue weighted by atomic mass is 9.97. The minimum absolute atomic E-state index is 0. The predicted octanol–water partition coefficient (Wildman–Crippen LogP) is 2.55. The van der Waals surface area contributed by atoms with Crippen molar-refractivity contribution in [1.82, 2.24) is 10.3 Å². The first-order valence-corrected chi connectivity index (χ1v) is 7.60. The topological polar surface area (TPSA) is 77.2 Å². The van der Waals surface area contributed by atoms with Gasteiger partial charge in [-0.15, -0.1) is 24.8 Å². The van der Waals surface area contributed by atoms with Crippen molar-refractivity contribution in [2.24, 2.45) is 11.7 Å². The van der Waals surface area contributed by atoms with Crippen molar-refractivity contribution >= 4 is 30.7 Å². The molecule has 3 atom stereocenters. The van der Waals surface area contributed by atoms with Crippen LogP contribution in [0.2, 0.25) is 0 Å². The molecule has 0 radical (unpaired) electrons. The van der Waals surface area contributed by atoms with E-state index >= 15 is 0 Å². The van der Waals surface area contributed by atoms with Gasteiger partial charge in [-0.1, -0.05) is 19.9 Å². The maximum absolute atomic E-state index is 12.4. The van der Waals surface area contributed by atoms with Gasteiger partial charge in [0.05, 0.1) is 17.8 Å². The first kappa shape index (κ1) is 22.1. The fourth-order valence-corrected chi connectivity index (χ4v) is 2.69. The molecule has 7 heteroatoms. The summed E-state index contributed by atoms with van der Waals surface area (Å²) < 4.78 is 5.66. The Bertz CT molecular complexity index is 500. The van der Waals surface area contributed by atoms with Gasteiger partial charge in [0.25, 0.3) is 0 Å². The number of carbonyl (C=O) groups excluding carboxylic acids is 1. The van der Waals surface area contributed by atoms with Crippen LogP contribution in [-0.2, 0) is 9.53 Å². The summed E-state index contributed by atoms with van der Waals surface area (Å²) in [7, 11) is 0. The summed E-state index contributed by atoms with van der Waals surface area (Å²) in [5.74, 6) is 0.198. The number of nitrogens with two attached hydrogens (primary N) is 1. The summed E-state index contributed by atoms with van der Waals surface area (Å²) in [6.07, 6.45) is 2.97. The van der Waals surface area contributed by atoms with Gasteiger partial charge in [-0.25, -0.2) is 0 Å². The molecule has 2 heterocycles. The minimum Gasteiger partial charge on any atom is -0.364 e. The molecule has 1 aliphatic rings. The molecule has 0 saturated carbocycles. The second-order valence-electron chi connectivity index (χ2n) is 6.00. The van der Waals surface area contributed by atoms with E-state index in [-0.39, 0.29) is 54.9 Å². The third-order valence-corrected chi connectivity index (χ3v) is 3.97. The molecule has 1 fully saturated rings. The smallest absolute Gasteiger partial charge is 0.249 e. The van der Waals surface area contributed by atoms with Gasteiger partial charge in [0.2, 0.25) is 5.91 Å². The Kier molecular flexibility index (Phi) is 9.70. The standard InChI is InChI=1S/C16H25N3O2.2ClH/c1-10(2)14(15-11(3)5-4-8-18-15)19-16(20)13-7-6-12(9-17)21-13;;/h4-5,8,10,12-14H,6-7,9,17H2,1-3H3,(H,19,20);2*1H/t12-,13+,14?;;/m1../s1. The highest BCUT2D eigenvalue weighted by Crippen LogP contribution is 2.25. The predicted molar refractivity (Wildman–Crippen MR) is 96.1 cm³/mol. The van der Waals surface area contributed by atoms with Crippen molar-refractivity contribution in [3.63, 3.8) is 0 Å². The molecular formula is C16H27Cl2N3O2. The molecule has 1 saturated heterocycles. The summed E-state index contributed by atoms with van der Waals surface area (Å²) >= 11 is 0. The molecule has 1 unspecified atom stereocenters. The van der Waals surface area contributed by atoms with Crippen molar-refractivity contribution in [2.75, 3.05) is 6.54 Å². The Hall–Kier alpha value is -0.880. The second kappa shape index (κ2) is 10.1. The molecule has 2 rings (SSSR count). The second-order valence-corrected chi connectivity index (χ2v) is 6.00.